The van der Waals surface area contributed by atoms with Gasteiger partial charge in [0.05, 0.1) is 25.5 Å². The third kappa shape index (κ3) is 4.64. The highest BCUT2D eigenvalue weighted by molar-refractivity contribution is 9.10. The predicted octanol–water partition coefficient (Wildman–Crippen LogP) is 5.30. The molecule has 0 atom stereocenters. The van der Waals surface area contributed by atoms with E-state index in [1.807, 2.05) is 30.3 Å². The number of hydrogen-bond donors (Lipinski definition) is 1. The van der Waals surface area contributed by atoms with Crippen LogP contribution < -0.4 is 19.5 Å². The first-order valence-electron chi connectivity index (χ1n) is 8.61. The number of rotatable bonds is 7. The maximum Gasteiger partial charge on any atom is 0.259 e. The van der Waals surface area contributed by atoms with Crippen molar-refractivity contribution in [2.45, 2.75) is 6.61 Å². The zero-order valence-electron chi connectivity index (χ0n) is 15.6. The molecular weight excluding hydrogens is 422 g/mol. The van der Waals surface area contributed by atoms with Crippen LogP contribution >= 0.6 is 15.9 Å². The van der Waals surface area contributed by atoms with E-state index in [4.69, 9.17) is 14.2 Å². The Bertz CT molecular complexity index is 974. The Balaban J connectivity index is 1.80. The lowest BCUT2D eigenvalue weighted by Gasteiger charge is -2.14. The Labute approximate surface area is 172 Å². The topological polar surface area (TPSA) is 56.8 Å². The third-order valence-electron chi connectivity index (χ3n) is 4.13. The highest BCUT2D eigenvalue weighted by Crippen LogP contribution is 2.30. The first-order valence-corrected chi connectivity index (χ1v) is 9.40. The maximum atomic E-state index is 12.9. The summed E-state index contributed by atoms with van der Waals surface area (Å²) in [7, 11) is 3.12. The number of hydrogen-bond acceptors (Lipinski definition) is 4. The normalized spacial score (nSPS) is 10.2. The van der Waals surface area contributed by atoms with Crippen LogP contribution in [0.1, 0.15) is 15.9 Å². The standard InChI is InChI=1S/C22H20BrNO4/c1-26-16-11-12-21(27-2)19(13-16)24-22(25)17-8-4-6-10-20(17)28-14-15-7-3-5-9-18(15)23/h3-13H,14H2,1-2H3,(H,24,25). The van der Waals surface area contributed by atoms with Crippen molar-refractivity contribution in [2.75, 3.05) is 19.5 Å². The fraction of sp³-hybridized carbons (Fsp3) is 0.136. The SMILES string of the molecule is COc1ccc(OC)c(NC(=O)c2ccccc2OCc2ccccc2Br)c1. The minimum atomic E-state index is -0.297. The fourth-order valence-electron chi connectivity index (χ4n) is 2.65. The molecule has 0 heterocycles. The number of methoxy groups -OCH3 is 2. The van der Waals surface area contributed by atoms with Gasteiger partial charge < -0.3 is 19.5 Å². The van der Waals surface area contributed by atoms with Crippen molar-refractivity contribution in [3.63, 3.8) is 0 Å². The molecule has 0 radical (unpaired) electrons. The van der Waals surface area contributed by atoms with E-state index in [1.165, 1.54) is 0 Å². The van der Waals surface area contributed by atoms with E-state index in [-0.39, 0.29) is 5.91 Å². The highest BCUT2D eigenvalue weighted by atomic mass is 79.9. The van der Waals surface area contributed by atoms with Crippen LogP contribution in [0.15, 0.2) is 71.2 Å². The van der Waals surface area contributed by atoms with E-state index >= 15 is 0 Å². The van der Waals surface area contributed by atoms with Gasteiger partial charge in [-0.3, -0.25) is 4.79 Å². The zero-order valence-corrected chi connectivity index (χ0v) is 17.2. The molecule has 3 rings (SSSR count). The van der Waals surface area contributed by atoms with Crippen LogP contribution in [0.25, 0.3) is 0 Å². The quantitative estimate of drug-likeness (QED) is 0.540. The molecule has 0 aliphatic heterocycles. The van der Waals surface area contributed by atoms with Gasteiger partial charge in [0, 0.05) is 16.1 Å². The smallest absolute Gasteiger partial charge is 0.259 e. The molecule has 0 fully saturated rings. The van der Waals surface area contributed by atoms with Crippen molar-refractivity contribution < 1.29 is 19.0 Å². The van der Waals surface area contributed by atoms with Crippen LogP contribution in [-0.4, -0.2) is 20.1 Å². The summed E-state index contributed by atoms with van der Waals surface area (Å²) in [5.74, 6) is 1.36. The van der Waals surface area contributed by atoms with Crippen LogP contribution in [0.5, 0.6) is 17.2 Å². The van der Waals surface area contributed by atoms with Gasteiger partial charge in [0.2, 0.25) is 0 Å². The second kappa shape index (κ2) is 9.28. The average Bonchev–Trinajstić information content (AvgIpc) is 2.73. The van der Waals surface area contributed by atoms with Gasteiger partial charge in [-0.1, -0.05) is 46.3 Å². The second-order valence-electron chi connectivity index (χ2n) is 5.90. The molecule has 28 heavy (non-hydrogen) atoms. The van der Waals surface area contributed by atoms with Crippen molar-refractivity contribution in [1.29, 1.82) is 0 Å². The minimum absolute atomic E-state index is 0.297. The van der Waals surface area contributed by atoms with E-state index in [9.17, 15) is 4.79 Å². The third-order valence-corrected chi connectivity index (χ3v) is 4.90. The van der Waals surface area contributed by atoms with Crippen LogP contribution in [0.2, 0.25) is 0 Å². The van der Waals surface area contributed by atoms with Crippen molar-refractivity contribution in [3.8, 4) is 17.2 Å². The molecule has 0 aromatic heterocycles. The number of halogens is 1. The molecule has 0 bridgehead atoms. The monoisotopic (exact) mass is 441 g/mol. The summed E-state index contributed by atoms with van der Waals surface area (Å²) in [4.78, 5) is 12.9. The van der Waals surface area contributed by atoms with E-state index in [1.54, 1.807) is 50.6 Å². The molecular formula is C22H20BrNO4. The van der Waals surface area contributed by atoms with Crippen molar-refractivity contribution in [1.82, 2.24) is 0 Å². The Hall–Kier alpha value is -2.99. The molecule has 1 amide bonds. The summed E-state index contributed by atoms with van der Waals surface area (Å²) in [6.07, 6.45) is 0. The van der Waals surface area contributed by atoms with E-state index in [0.29, 0.717) is 35.1 Å². The average molecular weight is 442 g/mol. The second-order valence-corrected chi connectivity index (χ2v) is 6.75. The summed E-state index contributed by atoms with van der Waals surface area (Å²) in [6.45, 7) is 0.341. The van der Waals surface area contributed by atoms with Crippen LogP contribution in [0, 0.1) is 0 Å². The van der Waals surface area contributed by atoms with Gasteiger partial charge in [-0.25, -0.2) is 0 Å². The molecule has 0 unspecified atom stereocenters. The Morgan fingerprint density at radius 3 is 2.43 bits per heavy atom. The molecule has 6 heteroatoms. The number of amides is 1. The Morgan fingerprint density at radius 2 is 1.68 bits per heavy atom. The fourth-order valence-corrected chi connectivity index (χ4v) is 3.05. The number of benzene rings is 3. The van der Waals surface area contributed by atoms with Gasteiger partial charge in [0.25, 0.3) is 5.91 Å². The molecule has 0 saturated heterocycles. The van der Waals surface area contributed by atoms with Crippen molar-refractivity contribution in [3.05, 3.63) is 82.3 Å². The maximum absolute atomic E-state index is 12.9. The highest BCUT2D eigenvalue weighted by Gasteiger charge is 2.15. The van der Waals surface area contributed by atoms with Crippen molar-refractivity contribution in [2.24, 2.45) is 0 Å². The van der Waals surface area contributed by atoms with Gasteiger partial charge in [0.15, 0.2) is 0 Å². The summed E-state index contributed by atoms with van der Waals surface area (Å²) in [6, 6.07) is 20.1. The number of carbonyl (C=O) groups is 1. The molecule has 0 spiro atoms. The molecule has 5 nitrogen and oxygen atoms in total. The van der Waals surface area contributed by atoms with Gasteiger partial charge in [0.1, 0.15) is 23.9 Å². The van der Waals surface area contributed by atoms with E-state index < -0.39 is 0 Å². The predicted molar refractivity (Wildman–Crippen MR) is 112 cm³/mol. The number of ether oxygens (including phenoxy) is 3. The lowest BCUT2D eigenvalue weighted by atomic mass is 10.1. The number of carbonyl (C=O) groups excluding carboxylic acids is 1. The largest absolute Gasteiger partial charge is 0.497 e. The molecule has 3 aromatic carbocycles. The van der Waals surface area contributed by atoms with Gasteiger partial charge in [-0.15, -0.1) is 0 Å². The molecule has 144 valence electrons. The van der Waals surface area contributed by atoms with E-state index in [2.05, 4.69) is 21.2 Å². The summed E-state index contributed by atoms with van der Waals surface area (Å²) < 4.78 is 17.4. The van der Waals surface area contributed by atoms with Gasteiger partial charge in [-0.05, 0) is 30.3 Å². The lowest BCUT2D eigenvalue weighted by Crippen LogP contribution is -2.14. The van der Waals surface area contributed by atoms with Crippen LogP contribution in [-0.2, 0) is 6.61 Å². The summed E-state index contributed by atoms with van der Waals surface area (Å²) in [5.41, 5.74) is 1.94. The summed E-state index contributed by atoms with van der Waals surface area (Å²) >= 11 is 3.51. The molecule has 0 saturated carbocycles. The number of anilines is 1. The lowest BCUT2D eigenvalue weighted by molar-refractivity contribution is 0.102. The first-order chi connectivity index (χ1) is 13.6. The van der Waals surface area contributed by atoms with Crippen LogP contribution in [0.3, 0.4) is 0 Å². The van der Waals surface area contributed by atoms with E-state index in [0.717, 1.165) is 10.0 Å². The minimum Gasteiger partial charge on any atom is -0.497 e. The zero-order chi connectivity index (χ0) is 19.9. The van der Waals surface area contributed by atoms with Gasteiger partial charge >= 0.3 is 0 Å². The molecule has 0 aliphatic carbocycles. The van der Waals surface area contributed by atoms with Crippen LogP contribution in [0.4, 0.5) is 5.69 Å². The molecule has 3 aromatic rings. The first kappa shape index (κ1) is 19.8. The molecule has 0 aliphatic rings. The summed E-state index contributed by atoms with van der Waals surface area (Å²) in [5, 5.41) is 2.87. The number of nitrogens with one attached hydrogen (secondary N) is 1. The van der Waals surface area contributed by atoms with Gasteiger partial charge in [-0.2, -0.15) is 0 Å². The Kier molecular flexibility index (Phi) is 6.55. The van der Waals surface area contributed by atoms with Crippen molar-refractivity contribution >= 4 is 27.5 Å². The number of para-hydroxylation sites is 1. The Morgan fingerprint density at radius 1 is 0.929 bits per heavy atom. The molecule has 1 N–H and O–H groups in total.